The molecule has 0 aliphatic rings. The van der Waals surface area contributed by atoms with Crippen LogP contribution < -0.4 is 0 Å². The molecule has 0 atom stereocenters. The van der Waals surface area contributed by atoms with Gasteiger partial charge in [0.05, 0.1) is 0 Å². The zero-order valence-electron chi connectivity index (χ0n) is 45.2. The van der Waals surface area contributed by atoms with Gasteiger partial charge in [-0.25, -0.2) is 35.4 Å². The van der Waals surface area contributed by atoms with Crippen molar-refractivity contribution >= 4 is 44.5 Å². The predicted molar refractivity (Wildman–Crippen MR) is 329 cm³/mol. The van der Waals surface area contributed by atoms with E-state index in [2.05, 4.69) is 170 Å². The minimum absolute atomic E-state index is 0. The maximum Gasteiger partial charge on any atom is 2.00 e. The topological polar surface area (TPSA) is 0 Å². The van der Waals surface area contributed by atoms with Gasteiger partial charge < -0.3 is 112 Å². The van der Waals surface area contributed by atoms with Crippen molar-refractivity contribution in [3.05, 3.63) is 404 Å². The summed E-state index contributed by atoms with van der Waals surface area (Å²) in [6.45, 7) is 38.7. The quantitative estimate of drug-likeness (QED) is 0.115. The van der Waals surface area contributed by atoms with Crippen LogP contribution in [0.25, 0.3) is 55.6 Å². The first-order chi connectivity index (χ1) is 37.5. The molecule has 0 fully saturated rings. The Morgan fingerprint density at radius 3 is 0.488 bits per heavy atom. The average molecular weight is 2080 g/mol. The van der Waals surface area contributed by atoms with Crippen LogP contribution in [0.15, 0.2) is 316 Å². The van der Waals surface area contributed by atoms with Crippen LogP contribution in [-0.4, -0.2) is 0 Å². The van der Waals surface area contributed by atoms with E-state index in [-0.39, 0.29) is 126 Å². The molecule has 0 nitrogen and oxygen atoms in total. The molecule has 0 unspecified atom stereocenters. The molecule has 0 bridgehead atoms. The molecular weight excluding hydrogens is 2020 g/mol. The third-order valence-corrected chi connectivity index (χ3v) is 9.51. The summed E-state index contributed by atoms with van der Waals surface area (Å²) in [4.78, 5) is 0. The van der Waals surface area contributed by atoms with Crippen LogP contribution in [0.4, 0.5) is 0 Å². The maximum atomic E-state index is 5.19. The molecule has 82 heavy (non-hydrogen) atoms. The van der Waals surface area contributed by atoms with Gasteiger partial charge in [0.15, 0.2) is 0 Å². The zero-order valence-corrected chi connectivity index (χ0v) is 62.8. The Hall–Kier alpha value is -5.75. The van der Waals surface area contributed by atoms with E-state index >= 15 is 0 Å². The number of hydrogen-bond acceptors (Lipinski definition) is 0. The fourth-order valence-corrected chi connectivity index (χ4v) is 5.93. The molecule has 0 N–H and O–H groups in total. The molecule has 6 heteroatoms. The summed E-state index contributed by atoms with van der Waals surface area (Å²) in [6.07, 6.45) is 10.7. The SMILES string of the molecule is [CH-]=CC=[CH-].[CH-]=CC=[CH-].[CH-]=CC=[CH-].[CH-]=Cc1[c-]cccc1.[CH-]=Cc1[c-]cccc1.[W+2].[W+2].[W+2].[W+2].[W+2].[W+2].[c-]1ccccc1-c1[c-]cccc1.c1ccc2ccccc2c1.c1ccc2ccccc2c1.c1ccc2ccccc2c1.c1ccccc1. The van der Waals surface area contributed by atoms with Crippen LogP contribution in [0.2, 0.25) is 0 Å². The number of rotatable bonds is 6. The molecule has 11 rings (SSSR count). The van der Waals surface area contributed by atoms with E-state index in [1.165, 1.54) is 80.9 Å². The Labute approximate surface area is 579 Å². The Balaban J connectivity index is -0.000000271. The van der Waals surface area contributed by atoms with E-state index < -0.39 is 0 Å². The second-order valence-electron chi connectivity index (χ2n) is 14.9. The largest absolute Gasteiger partial charge is 2.00 e. The minimum Gasteiger partial charge on any atom is -0.394 e. The third kappa shape index (κ3) is 42.1. The smallest absolute Gasteiger partial charge is 0.394 e. The van der Waals surface area contributed by atoms with E-state index in [4.69, 9.17) is 52.6 Å². The normalized spacial score (nSPS) is 8.05. The van der Waals surface area contributed by atoms with Crippen molar-refractivity contribution in [2.75, 3.05) is 0 Å². The average Bonchev–Trinajstić information content (AvgIpc) is 3.53. The van der Waals surface area contributed by atoms with Gasteiger partial charge in [-0.15, -0.1) is 24.3 Å². The van der Waals surface area contributed by atoms with E-state index in [9.17, 15) is 0 Å². The van der Waals surface area contributed by atoms with E-state index in [1.54, 1.807) is 0 Å². The molecule has 0 radical (unpaired) electrons. The van der Waals surface area contributed by atoms with Gasteiger partial charge in [0.2, 0.25) is 0 Å². The second-order valence-corrected chi connectivity index (χ2v) is 14.9. The van der Waals surface area contributed by atoms with E-state index in [0.717, 1.165) is 22.3 Å². The molecule has 0 saturated heterocycles. The Morgan fingerprint density at radius 1 is 0.195 bits per heavy atom. The predicted octanol–water partition coefficient (Wildman–Crippen LogP) is 19.9. The van der Waals surface area contributed by atoms with Gasteiger partial charge in [-0.2, -0.15) is 72.8 Å². The summed E-state index contributed by atoms with van der Waals surface area (Å²) in [6, 6.07) is 105. The monoisotopic (exact) mass is 2080 g/mol. The summed E-state index contributed by atoms with van der Waals surface area (Å²) >= 11 is 0. The third-order valence-electron chi connectivity index (χ3n) is 9.51. The summed E-state index contributed by atoms with van der Waals surface area (Å²) in [7, 11) is 0. The summed E-state index contributed by atoms with van der Waals surface area (Å²) in [5.41, 5.74) is 4.07. The van der Waals surface area contributed by atoms with Gasteiger partial charge in [0, 0.05) is 0 Å². The van der Waals surface area contributed by atoms with Crippen LogP contribution in [0.5, 0.6) is 0 Å². The zero-order chi connectivity index (χ0) is 54.8. The number of benzene rings is 11. The standard InChI is InChI=1S/C12H8.3C10H8.2C8H6.C6H6.3C4H4.6W/c1-3-7-11(8-4-1)12-9-5-2-6-10-12;3*1-2-6-10-8-4-3-7-9(10)5-1;2*1-2-8-6-4-3-5-7-8;1-2-4-6-5-3-1;3*1-3-4-2;;;;;;/h1-7,9H;3*1-8H;2*1-6H;1-6H;3*1-4H;;;;;;/q-2;;;;2*-2;;3*-2;6*+2. The van der Waals surface area contributed by atoms with Crippen molar-refractivity contribution in [3.63, 3.8) is 0 Å². The molecule has 0 aliphatic heterocycles. The van der Waals surface area contributed by atoms with Gasteiger partial charge in [0.25, 0.3) is 0 Å². The van der Waals surface area contributed by atoms with Crippen molar-refractivity contribution in [2.45, 2.75) is 0 Å². The van der Waals surface area contributed by atoms with Crippen molar-refractivity contribution < 1.29 is 126 Å². The van der Waals surface area contributed by atoms with Gasteiger partial charge in [0.1, 0.15) is 0 Å². The first kappa shape index (κ1) is 85.1. The molecule has 11 aromatic carbocycles. The number of fused-ring (bicyclic) bond motifs is 3. The molecule has 0 heterocycles. The van der Waals surface area contributed by atoms with Gasteiger partial charge in [-0.1, -0.05) is 182 Å². The Morgan fingerprint density at radius 2 is 0.366 bits per heavy atom. The van der Waals surface area contributed by atoms with Crippen LogP contribution in [-0.2, 0) is 126 Å². The maximum absolute atomic E-state index is 5.19. The number of allylic oxidation sites excluding steroid dienone is 6. The molecule has 0 saturated carbocycles. The Kier molecular flexibility index (Phi) is 63.6. The number of hydrogen-bond donors (Lipinski definition) is 0. The van der Waals surface area contributed by atoms with Crippen molar-refractivity contribution in [1.29, 1.82) is 0 Å². The second kappa shape index (κ2) is 61.3. The van der Waals surface area contributed by atoms with Crippen molar-refractivity contribution in [3.8, 4) is 11.1 Å². The minimum atomic E-state index is 0. The first-order valence-corrected chi connectivity index (χ1v) is 24.0. The summed E-state index contributed by atoms with van der Waals surface area (Å²) in [5, 5.41) is 7.86. The Bertz CT molecular complexity index is 2720. The fraction of sp³-hybridized carbons (Fsp3) is 0. The van der Waals surface area contributed by atoms with Crippen LogP contribution >= 0.6 is 0 Å². The molecule has 0 aromatic heterocycles. The van der Waals surface area contributed by atoms with Crippen molar-refractivity contribution in [1.82, 2.24) is 0 Å². The molecule has 402 valence electrons. The van der Waals surface area contributed by atoms with E-state index in [1.807, 2.05) is 133 Å². The van der Waals surface area contributed by atoms with Crippen molar-refractivity contribution in [2.24, 2.45) is 0 Å². The van der Waals surface area contributed by atoms with Gasteiger partial charge >= 0.3 is 126 Å². The summed E-state index contributed by atoms with van der Waals surface area (Å²) in [5.74, 6) is 0. The van der Waals surface area contributed by atoms with Gasteiger partial charge in [-0.3, -0.25) is 0 Å². The van der Waals surface area contributed by atoms with Crippen LogP contribution in [0.3, 0.4) is 0 Å². The molecular formula is C76H62W6. The first-order valence-electron chi connectivity index (χ1n) is 24.0. The molecule has 11 aromatic rings. The summed E-state index contributed by atoms with van der Waals surface area (Å²) < 4.78 is 0. The molecule has 0 spiro atoms. The van der Waals surface area contributed by atoms with Gasteiger partial charge in [-0.05, 0) is 32.3 Å². The molecule has 0 aliphatic carbocycles. The molecule has 0 amide bonds. The van der Waals surface area contributed by atoms with Crippen LogP contribution in [0.1, 0.15) is 11.1 Å². The van der Waals surface area contributed by atoms with Crippen LogP contribution in [0, 0.1) is 76.9 Å². The fourth-order valence-electron chi connectivity index (χ4n) is 5.93. The van der Waals surface area contributed by atoms with E-state index in [0.29, 0.717) is 0 Å².